The Morgan fingerprint density at radius 2 is 2.06 bits per heavy atom. The van der Waals surface area contributed by atoms with Gasteiger partial charge in [-0.25, -0.2) is 14.4 Å². The Balaban J connectivity index is 1.44. The van der Waals surface area contributed by atoms with E-state index in [-0.39, 0.29) is 35.3 Å². The third-order valence-corrected chi connectivity index (χ3v) is 6.27. The normalized spacial score (nSPS) is 19.8. The van der Waals surface area contributed by atoms with Crippen molar-refractivity contribution in [2.24, 2.45) is 18.9 Å². The molecule has 162 valence electrons. The monoisotopic (exact) mass is 430 g/mol. The molecule has 1 saturated carbocycles. The van der Waals surface area contributed by atoms with Crippen molar-refractivity contribution in [3.8, 4) is 11.3 Å². The Kier molecular flexibility index (Phi) is 4.65. The summed E-state index contributed by atoms with van der Waals surface area (Å²) < 4.78 is 16.2. The summed E-state index contributed by atoms with van der Waals surface area (Å²) in [4.78, 5) is 21.6. The van der Waals surface area contributed by atoms with Gasteiger partial charge >= 0.3 is 0 Å². The van der Waals surface area contributed by atoms with Gasteiger partial charge in [-0.1, -0.05) is 19.1 Å². The fourth-order valence-corrected chi connectivity index (χ4v) is 4.52. The van der Waals surface area contributed by atoms with E-state index in [4.69, 9.17) is 5.73 Å². The van der Waals surface area contributed by atoms with Crippen molar-refractivity contribution in [2.75, 3.05) is 11.1 Å². The van der Waals surface area contributed by atoms with Crippen LogP contribution < -0.4 is 11.1 Å². The van der Waals surface area contributed by atoms with Gasteiger partial charge in [0.05, 0.1) is 11.9 Å². The number of anilines is 2. The lowest BCUT2D eigenvalue weighted by Crippen LogP contribution is -2.16. The Morgan fingerprint density at radius 3 is 2.78 bits per heavy atom. The van der Waals surface area contributed by atoms with Gasteiger partial charge in [0.1, 0.15) is 17.5 Å². The molecule has 1 fully saturated rings. The first-order valence-electron chi connectivity index (χ1n) is 10.4. The number of aryl methyl sites for hydroxylation is 2. The van der Waals surface area contributed by atoms with Crippen molar-refractivity contribution in [1.82, 2.24) is 19.7 Å². The summed E-state index contributed by atoms with van der Waals surface area (Å²) in [6.45, 7) is 3.89. The Bertz CT molecular complexity index is 1340. The summed E-state index contributed by atoms with van der Waals surface area (Å²) in [6.07, 6.45) is 5.34. The van der Waals surface area contributed by atoms with E-state index in [0.29, 0.717) is 22.5 Å². The molecule has 1 aliphatic rings. The molecular weight excluding hydrogens is 407 g/mol. The zero-order chi connectivity index (χ0) is 22.6. The summed E-state index contributed by atoms with van der Waals surface area (Å²) >= 11 is 0. The number of halogens is 1. The van der Waals surface area contributed by atoms with Gasteiger partial charge in [0, 0.05) is 42.2 Å². The van der Waals surface area contributed by atoms with E-state index in [1.807, 2.05) is 32.4 Å². The van der Waals surface area contributed by atoms with Crippen molar-refractivity contribution in [1.29, 1.82) is 0 Å². The van der Waals surface area contributed by atoms with Crippen LogP contribution in [0.25, 0.3) is 22.0 Å². The number of amides is 1. The van der Waals surface area contributed by atoms with Crippen LogP contribution in [0.15, 0.2) is 48.9 Å². The molecule has 5 rings (SSSR count). The smallest absolute Gasteiger partial charge is 0.229 e. The number of nitrogens with zero attached hydrogens (tertiary/aromatic N) is 4. The van der Waals surface area contributed by atoms with Crippen LogP contribution in [0.1, 0.15) is 24.0 Å². The van der Waals surface area contributed by atoms with Gasteiger partial charge in [0.25, 0.3) is 0 Å². The summed E-state index contributed by atoms with van der Waals surface area (Å²) in [5.74, 6) is 0.505. The molecule has 1 amide bonds. The third kappa shape index (κ3) is 3.37. The Morgan fingerprint density at radius 1 is 1.25 bits per heavy atom. The highest BCUT2D eigenvalue weighted by molar-refractivity contribution is 5.99. The van der Waals surface area contributed by atoms with Crippen LogP contribution in [0.2, 0.25) is 0 Å². The van der Waals surface area contributed by atoms with Crippen LogP contribution in [-0.2, 0) is 11.8 Å². The van der Waals surface area contributed by atoms with Crippen molar-refractivity contribution in [3.63, 3.8) is 0 Å². The van der Waals surface area contributed by atoms with Gasteiger partial charge in [-0.05, 0) is 47.6 Å². The van der Waals surface area contributed by atoms with Gasteiger partial charge in [-0.3, -0.25) is 9.48 Å². The SMILES string of the molecule is Cc1cccc(F)c1-c1cc2cc(NC(=O)[C@@H]3[C@@H](C)[C@H]3c3cnn(C)c3)ncc2c(N)n1. The molecule has 0 unspecified atom stereocenters. The van der Waals surface area contributed by atoms with Crippen LogP contribution in [0, 0.1) is 24.6 Å². The largest absolute Gasteiger partial charge is 0.383 e. The minimum Gasteiger partial charge on any atom is -0.383 e. The number of carbonyl (C=O) groups excluding carboxylic acids is 1. The topological polar surface area (TPSA) is 98.7 Å². The average molecular weight is 430 g/mol. The summed E-state index contributed by atoms with van der Waals surface area (Å²) in [6, 6.07) is 8.41. The second-order valence-electron chi connectivity index (χ2n) is 8.46. The molecule has 1 aromatic carbocycles. The number of nitrogens with one attached hydrogen (secondary N) is 1. The van der Waals surface area contributed by atoms with Crippen LogP contribution in [0.4, 0.5) is 16.0 Å². The first kappa shape index (κ1) is 20.1. The number of fused-ring (bicyclic) bond motifs is 1. The van der Waals surface area contributed by atoms with Crippen LogP contribution in [0.3, 0.4) is 0 Å². The number of aromatic nitrogens is 4. The molecule has 0 aliphatic heterocycles. The standard InChI is InChI=1S/C24H23FN6O/c1-12-5-4-6-17(25)20(12)18-7-14-8-19(27-10-16(14)23(26)29-18)30-24(32)22-13(2)21(22)15-9-28-31(3)11-15/h4-11,13,21-22H,1-3H3,(H2,26,29)(H,27,30,32)/t13-,21-,22+/m0/s1. The molecule has 32 heavy (non-hydrogen) atoms. The summed E-state index contributed by atoms with van der Waals surface area (Å²) in [7, 11) is 1.86. The molecule has 4 aromatic rings. The highest BCUT2D eigenvalue weighted by Crippen LogP contribution is 2.54. The Hall–Kier alpha value is -3.81. The lowest BCUT2D eigenvalue weighted by atomic mass is 10.0. The molecule has 3 atom stereocenters. The van der Waals surface area contributed by atoms with Crippen molar-refractivity contribution >= 4 is 28.3 Å². The quantitative estimate of drug-likeness (QED) is 0.509. The lowest BCUT2D eigenvalue weighted by molar-refractivity contribution is -0.117. The number of carbonyl (C=O) groups is 1. The molecule has 0 bridgehead atoms. The molecule has 0 spiro atoms. The molecular formula is C24H23FN6O. The fraction of sp³-hybridized carbons (Fsp3) is 0.250. The van der Waals surface area contributed by atoms with Crippen LogP contribution in [-0.4, -0.2) is 25.7 Å². The van der Waals surface area contributed by atoms with E-state index in [2.05, 4.69) is 27.3 Å². The maximum absolute atomic E-state index is 14.5. The number of pyridine rings is 2. The number of nitrogen functional groups attached to an aromatic ring is 1. The van der Waals surface area contributed by atoms with E-state index in [1.54, 1.807) is 29.1 Å². The minimum absolute atomic E-state index is 0.0783. The first-order chi connectivity index (χ1) is 15.3. The Labute approximate surface area is 184 Å². The van der Waals surface area contributed by atoms with Crippen molar-refractivity contribution < 1.29 is 9.18 Å². The highest BCUT2D eigenvalue weighted by Gasteiger charge is 2.52. The summed E-state index contributed by atoms with van der Waals surface area (Å²) in [5, 5.41) is 8.50. The van der Waals surface area contributed by atoms with Crippen molar-refractivity contribution in [2.45, 2.75) is 19.8 Å². The molecule has 0 radical (unpaired) electrons. The molecule has 3 N–H and O–H groups in total. The third-order valence-electron chi connectivity index (χ3n) is 6.27. The lowest BCUT2D eigenvalue weighted by Gasteiger charge is -2.11. The number of hydrogen-bond acceptors (Lipinski definition) is 5. The first-order valence-corrected chi connectivity index (χ1v) is 10.4. The maximum atomic E-state index is 14.5. The molecule has 3 aromatic heterocycles. The molecule has 8 heteroatoms. The van der Waals surface area contributed by atoms with Crippen LogP contribution >= 0.6 is 0 Å². The molecule has 1 aliphatic carbocycles. The minimum atomic E-state index is -0.358. The molecule has 7 nitrogen and oxygen atoms in total. The predicted molar refractivity (Wildman–Crippen MR) is 121 cm³/mol. The molecule has 0 saturated heterocycles. The highest BCUT2D eigenvalue weighted by atomic mass is 19.1. The van der Waals surface area contributed by atoms with E-state index < -0.39 is 0 Å². The number of hydrogen-bond donors (Lipinski definition) is 2. The number of nitrogens with two attached hydrogens (primary N) is 1. The molecule has 3 heterocycles. The van der Waals surface area contributed by atoms with Gasteiger partial charge < -0.3 is 11.1 Å². The van der Waals surface area contributed by atoms with Gasteiger partial charge in [-0.2, -0.15) is 5.10 Å². The number of rotatable bonds is 4. The van der Waals surface area contributed by atoms with E-state index in [9.17, 15) is 9.18 Å². The fourth-order valence-electron chi connectivity index (χ4n) is 4.52. The van der Waals surface area contributed by atoms with Gasteiger partial charge in [-0.15, -0.1) is 0 Å². The van der Waals surface area contributed by atoms with E-state index in [1.165, 1.54) is 6.07 Å². The van der Waals surface area contributed by atoms with E-state index >= 15 is 0 Å². The average Bonchev–Trinajstić information content (AvgIpc) is 3.22. The van der Waals surface area contributed by atoms with Gasteiger partial charge in [0.15, 0.2) is 0 Å². The van der Waals surface area contributed by atoms with Crippen molar-refractivity contribution in [3.05, 3.63) is 65.9 Å². The second-order valence-corrected chi connectivity index (χ2v) is 8.46. The van der Waals surface area contributed by atoms with Crippen LogP contribution in [0.5, 0.6) is 0 Å². The second kappa shape index (κ2) is 7.40. The predicted octanol–water partition coefficient (Wildman–Crippen LogP) is 4.05. The maximum Gasteiger partial charge on any atom is 0.229 e. The summed E-state index contributed by atoms with van der Waals surface area (Å²) in [5.41, 5.74) is 8.83. The zero-order valence-corrected chi connectivity index (χ0v) is 18.0. The van der Waals surface area contributed by atoms with Gasteiger partial charge in [0.2, 0.25) is 5.91 Å². The zero-order valence-electron chi connectivity index (χ0n) is 18.0. The van der Waals surface area contributed by atoms with E-state index in [0.717, 1.165) is 16.5 Å². The number of benzene rings is 1.